The molecule has 2 atom stereocenters. The fourth-order valence-electron chi connectivity index (χ4n) is 4.89. The summed E-state index contributed by atoms with van der Waals surface area (Å²) >= 11 is 0. The molecule has 0 unspecified atom stereocenters. The molecule has 37 heavy (non-hydrogen) atoms. The van der Waals surface area contributed by atoms with Crippen molar-refractivity contribution in [3.05, 3.63) is 94.1 Å². The first-order chi connectivity index (χ1) is 17.9. The fourth-order valence-corrected chi connectivity index (χ4v) is 4.89. The van der Waals surface area contributed by atoms with Crippen molar-refractivity contribution in [2.75, 3.05) is 6.54 Å². The Morgan fingerprint density at radius 2 is 2.00 bits per heavy atom. The number of benzene rings is 2. The van der Waals surface area contributed by atoms with Gasteiger partial charge in [0, 0.05) is 47.6 Å². The molecule has 8 nitrogen and oxygen atoms in total. The third-order valence-electron chi connectivity index (χ3n) is 6.66. The molecule has 1 fully saturated rings. The third kappa shape index (κ3) is 4.27. The van der Waals surface area contributed by atoms with Crippen LogP contribution in [0, 0.1) is 12.7 Å². The van der Waals surface area contributed by atoms with Gasteiger partial charge in [0.25, 0.3) is 11.8 Å². The van der Waals surface area contributed by atoms with Crippen LogP contribution < -0.4 is 10.6 Å². The van der Waals surface area contributed by atoms with E-state index in [0.29, 0.717) is 35.3 Å². The maximum atomic E-state index is 14.2. The number of aromatic amines is 1. The number of amides is 2. The van der Waals surface area contributed by atoms with Gasteiger partial charge in [-0.3, -0.25) is 9.59 Å². The summed E-state index contributed by atoms with van der Waals surface area (Å²) in [5.74, 6) is -0.723. The molecule has 0 bridgehead atoms. The first-order valence-corrected chi connectivity index (χ1v) is 12.1. The minimum absolute atomic E-state index is 0.117. The number of ether oxygens (including phenoxy) is 1. The molecule has 2 aliphatic heterocycles. The van der Waals surface area contributed by atoms with E-state index in [4.69, 9.17) is 9.84 Å². The highest BCUT2D eigenvalue weighted by Gasteiger charge is 2.40. The number of carbonyl (C=O) groups excluding carboxylic acids is 2. The molecule has 0 saturated carbocycles. The number of nitrogens with zero attached hydrogens (tertiary/aromatic N) is 4. The van der Waals surface area contributed by atoms with E-state index < -0.39 is 12.3 Å². The Hall–Kier alpha value is -4.37. The summed E-state index contributed by atoms with van der Waals surface area (Å²) in [5, 5.41) is 6.22. The number of aromatic nitrogens is 3. The number of nitrogens with one attached hydrogen (secondary N) is 1. The molecule has 0 spiro atoms. The zero-order valence-corrected chi connectivity index (χ0v) is 20.3. The van der Waals surface area contributed by atoms with Gasteiger partial charge in [0.05, 0.1) is 11.0 Å². The third-order valence-corrected chi connectivity index (χ3v) is 6.66. The lowest BCUT2D eigenvalue weighted by Gasteiger charge is -2.23. The molecule has 9 heteroatoms. The van der Waals surface area contributed by atoms with Crippen LogP contribution in [0.25, 0.3) is 23.0 Å². The number of hydrogen-bond donors (Lipinski definition) is 1. The van der Waals surface area contributed by atoms with Gasteiger partial charge in [-0.05, 0) is 61.7 Å². The Kier molecular flexibility index (Phi) is 5.57. The minimum Gasteiger partial charge on any atom is -0.367 e. The number of rotatable bonds is 6. The highest BCUT2D eigenvalue weighted by Crippen LogP contribution is 2.37. The average Bonchev–Trinajstić information content (AvgIpc) is 3.63. The number of fused-ring (bicyclic) bond motifs is 1. The molecule has 6 rings (SSSR count). The van der Waals surface area contributed by atoms with Gasteiger partial charge in [-0.25, -0.2) is 14.1 Å². The van der Waals surface area contributed by atoms with Crippen LogP contribution in [0.1, 0.15) is 29.8 Å². The second-order valence-electron chi connectivity index (χ2n) is 9.36. The van der Waals surface area contributed by atoms with E-state index in [1.165, 1.54) is 18.2 Å². The van der Waals surface area contributed by atoms with E-state index in [2.05, 4.69) is 9.98 Å². The number of H-pyrrole nitrogens is 1. The van der Waals surface area contributed by atoms with Crippen LogP contribution in [0.15, 0.2) is 66.0 Å². The van der Waals surface area contributed by atoms with Gasteiger partial charge in [-0.15, -0.1) is 0 Å². The molecule has 2 aromatic carbocycles. The maximum absolute atomic E-state index is 14.2. The van der Waals surface area contributed by atoms with Crippen LogP contribution in [-0.4, -0.2) is 44.1 Å². The molecular weight excluding hydrogens is 473 g/mol. The molecule has 0 radical (unpaired) electrons. The highest BCUT2D eigenvalue weighted by molar-refractivity contribution is 6.06. The highest BCUT2D eigenvalue weighted by atomic mass is 19.1. The summed E-state index contributed by atoms with van der Waals surface area (Å²) in [5.41, 5.74) is 4.51. The zero-order chi connectivity index (χ0) is 25.7. The number of aryl methyl sites for hydroxylation is 1. The van der Waals surface area contributed by atoms with Crippen LogP contribution in [0.4, 0.5) is 4.39 Å². The topological polar surface area (TPSA) is 92.6 Å². The van der Waals surface area contributed by atoms with E-state index in [1.54, 1.807) is 28.9 Å². The van der Waals surface area contributed by atoms with Crippen molar-refractivity contribution in [1.82, 2.24) is 19.7 Å². The lowest BCUT2D eigenvalue weighted by atomic mass is 10.1. The van der Waals surface area contributed by atoms with Crippen molar-refractivity contribution in [2.45, 2.75) is 32.6 Å². The van der Waals surface area contributed by atoms with Gasteiger partial charge < -0.3 is 14.6 Å². The fraction of sp³-hybridized carbons (Fsp3) is 0.214. The van der Waals surface area contributed by atoms with E-state index >= 15 is 0 Å². The largest absolute Gasteiger partial charge is 0.367 e. The summed E-state index contributed by atoms with van der Waals surface area (Å²) in [7, 11) is 0. The van der Waals surface area contributed by atoms with Crippen molar-refractivity contribution < 1.29 is 18.7 Å². The van der Waals surface area contributed by atoms with Crippen molar-refractivity contribution in [2.24, 2.45) is 4.99 Å². The average molecular weight is 498 g/mol. The van der Waals surface area contributed by atoms with Crippen LogP contribution >= 0.6 is 0 Å². The molecule has 2 amide bonds. The number of hydrogen-bond acceptors (Lipinski definition) is 4. The zero-order valence-electron chi connectivity index (χ0n) is 20.3. The number of halogens is 1. The van der Waals surface area contributed by atoms with E-state index in [0.717, 1.165) is 21.9 Å². The molecule has 0 aliphatic carbocycles. The van der Waals surface area contributed by atoms with Gasteiger partial charge in [0.1, 0.15) is 17.6 Å². The van der Waals surface area contributed by atoms with Crippen molar-refractivity contribution in [3.8, 4) is 16.9 Å². The van der Waals surface area contributed by atoms with Crippen LogP contribution in [-0.2, 0) is 20.7 Å². The van der Waals surface area contributed by atoms with Crippen molar-refractivity contribution in [3.63, 3.8) is 0 Å². The van der Waals surface area contributed by atoms with Crippen molar-refractivity contribution >= 4 is 17.9 Å². The Labute approximate surface area is 211 Å². The van der Waals surface area contributed by atoms with Crippen LogP contribution in [0.5, 0.6) is 0 Å². The summed E-state index contributed by atoms with van der Waals surface area (Å²) in [6.45, 7) is 3.97. The van der Waals surface area contributed by atoms with E-state index in [9.17, 15) is 14.0 Å². The minimum atomic E-state index is -0.662. The summed E-state index contributed by atoms with van der Waals surface area (Å²) < 4.78 is 22.0. The Morgan fingerprint density at radius 1 is 1.14 bits per heavy atom. The Bertz CT molecular complexity index is 1640. The standard InChI is InChI=1S/C28H24FN5O3/c1-16-9-21(29)13-22(10-16)34-15-23(26(32-34)20-5-7-30-14-20)28-33(27(36)17(2)37-28)8-6-18-3-4-19-12-25(35)31-24(19)11-18/h3-5,7,9-15,17,28,30H,6,8H2,1-2H3/t17-,28+/m1/s1. The Morgan fingerprint density at radius 3 is 2.78 bits per heavy atom. The molecule has 1 saturated heterocycles. The van der Waals surface area contributed by atoms with Crippen LogP contribution in [0.3, 0.4) is 0 Å². The first-order valence-electron chi connectivity index (χ1n) is 12.1. The Balaban J connectivity index is 1.36. The van der Waals surface area contributed by atoms with Gasteiger partial charge in [-0.1, -0.05) is 12.1 Å². The molecule has 4 heterocycles. The summed E-state index contributed by atoms with van der Waals surface area (Å²) in [6, 6.07) is 12.3. The van der Waals surface area contributed by atoms with E-state index in [-0.39, 0.29) is 17.6 Å². The van der Waals surface area contributed by atoms with Gasteiger partial charge in [-0.2, -0.15) is 5.10 Å². The SMILES string of the molecule is Cc1cc(F)cc(-n2cc([C@@H]3O[C@H](C)C(=O)N3CCc3ccc4c(c3)=NC(=O)C=4)c(-c3cc[nH]c3)n2)c1. The van der Waals surface area contributed by atoms with Crippen molar-refractivity contribution in [1.29, 1.82) is 0 Å². The predicted molar refractivity (Wildman–Crippen MR) is 133 cm³/mol. The first kappa shape index (κ1) is 23.1. The quantitative estimate of drug-likeness (QED) is 0.444. The summed E-state index contributed by atoms with van der Waals surface area (Å²) in [6.07, 6.45) is 6.21. The molecule has 186 valence electrons. The van der Waals surface area contributed by atoms with E-state index in [1.807, 2.05) is 43.5 Å². The van der Waals surface area contributed by atoms with Crippen LogP contribution in [0.2, 0.25) is 0 Å². The molecular formula is C28H24FN5O3. The van der Waals surface area contributed by atoms with Gasteiger partial charge >= 0.3 is 0 Å². The second kappa shape index (κ2) is 8.94. The second-order valence-corrected chi connectivity index (χ2v) is 9.36. The normalized spacial score (nSPS) is 18.7. The molecule has 1 N–H and O–H groups in total. The smallest absolute Gasteiger partial charge is 0.270 e. The van der Waals surface area contributed by atoms with Gasteiger partial charge in [0.2, 0.25) is 0 Å². The molecule has 4 aromatic rings. The monoisotopic (exact) mass is 497 g/mol. The maximum Gasteiger partial charge on any atom is 0.270 e. The predicted octanol–water partition coefficient (Wildman–Crippen LogP) is 2.74. The van der Waals surface area contributed by atoms with Gasteiger partial charge in [0.15, 0.2) is 6.23 Å². The molecule has 2 aromatic heterocycles. The molecule has 2 aliphatic rings. The number of carbonyl (C=O) groups is 2. The summed E-state index contributed by atoms with van der Waals surface area (Å²) in [4.78, 5) is 33.5. The lowest BCUT2D eigenvalue weighted by molar-refractivity contribution is -0.130. The lowest BCUT2D eigenvalue weighted by Crippen LogP contribution is -2.32.